The molecular formula is C14H18N4O. The van der Waals surface area contributed by atoms with Gasteiger partial charge in [0, 0.05) is 18.6 Å². The van der Waals surface area contributed by atoms with E-state index in [0.29, 0.717) is 0 Å². The Morgan fingerprint density at radius 1 is 1.21 bits per heavy atom. The van der Waals surface area contributed by atoms with Crippen LogP contribution in [-0.2, 0) is 0 Å². The Balaban J connectivity index is 2.31. The van der Waals surface area contributed by atoms with Gasteiger partial charge < -0.3 is 10.1 Å². The van der Waals surface area contributed by atoms with Gasteiger partial charge in [-0.25, -0.2) is 0 Å². The molecule has 2 aromatic heterocycles. The van der Waals surface area contributed by atoms with Crippen LogP contribution in [0, 0.1) is 0 Å². The number of hydrogen-bond donors (Lipinski definition) is 1. The number of methoxy groups -OCH3 is 1. The maximum atomic E-state index is 5.22. The third kappa shape index (κ3) is 3.48. The number of nitrogens with zero attached hydrogens (tertiary/aromatic N) is 3. The van der Waals surface area contributed by atoms with Crippen molar-refractivity contribution in [3.8, 4) is 5.75 Å². The molecule has 1 atom stereocenters. The molecule has 0 amide bonds. The molecule has 2 heterocycles. The van der Waals surface area contributed by atoms with Crippen molar-refractivity contribution in [2.24, 2.45) is 0 Å². The lowest BCUT2D eigenvalue weighted by Gasteiger charge is -2.18. The van der Waals surface area contributed by atoms with Crippen molar-refractivity contribution in [3.63, 3.8) is 0 Å². The first-order valence-corrected chi connectivity index (χ1v) is 6.33. The summed E-state index contributed by atoms with van der Waals surface area (Å²) >= 11 is 0. The van der Waals surface area contributed by atoms with Crippen molar-refractivity contribution in [2.45, 2.75) is 19.4 Å². The first kappa shape index (κ1) is 13.4. The van der Waals surface area contributed by atoms with Gasteiger partial charge in [0.15, 0.2) is 0 Å². The minimum absolute atomic E-state index is 0.0174. The number of rotatable bonds is 6. The van der Waals surface area contributed by atoms with Gasteiger partial charge in [-0.05, 0) is 24.6 Å². The largest absolute Gasteiger partial charge is 0.495 e. The molecule has 0 aliphatic carbocycles. The summed E-state index contributed by atoms with van der Waals surface area (Å²) in [6.07, 6.45) is 9.70. The van der Waals surface area contributed by atoms with Crippen LogP contribution in [0.3, 0.4) is 0 Å². The summed E-state index contributed by atoms with van der Waals surface area (Å²) in [6.45, 7) is 3.03. The van der Waals surface area contributed by atoms with Crippen LogP contribution < -0.4 is 10.1 Å². The Labute approximate surface area is 113 Å². The van der Waals surface area contributed by atoms with E-state index >= 15 is 0 Å². The van der Waals surface area contributed by atoms with Crippen LogP contribution in [0.5, 0.6) is 5.75 Å². The van der Waals surface area contributed by atoms with Gasteiger partial charge in [0.25, 0.3) is 0 Å². The van der Waals surface area contributed by atoms with Gasteiger partial charge >= 0.3 is 0 Å². The number of nitrogens with one attached hydrogen (secondary N) is 1. The maximum Gasteiger partial charge on any atom is 0.137 e. The van der Waals surface area contributed by atoms with Crippen LogP contribution in [0.2, 0.25) is 0 Å². The molecule has 0 aliphatic rings. The number of aromatic nitrogens is 3. The van der Waals surface area contributed by atoms with Crippen LogP contribution in [0.1, 0.15) is 30.6 Å². The fourth-order valence-electron chi connectivity index (χ4n) is 1.85. The molecule has 1 unspecified atom stereocenters. The maximum absolute atomic E-state index is 5.22. The van der Waals surface area contributed by atoms with E-state index in [1.54, 1.807) is 31.9 Å². The third-order valence-electron chi connectivity index (χ3n) is 2.78. The average molecular weight is 258 g/mol. The Bertz CT molecular complexity index is 504. The van der Waals surface area contributed by atoms with E-state index in [9.17, 15) is 0 Å². The zero-order chi connectivity index (χ0) is 13.5. The van der Waals surface area contributed by atoms with Crippen LogP contribution >= 0.6 is 0 Å². The van der Waals surface area contributed by atoms with Gasteiger partial charge in [-0.1, -0.05) is 6.92 Å². The highest BCUT2D eigenvalue weighted by atomic mass is 16.5. The Morgan fingerprint density at radius 2 is 2.11 bits per heavy atom. The lowest BCUT2D eigenvalue weighted by Crippen LogP contribution is -2.24. The summed E-state index contributed by atoms with van der Waals surface area (Å²) < 4.78 is 5.22. The third-order valence-corrected chi connectivity index (χ3v) is 2.78. The number of hydrogen-bond acceptors (Lipinski definition) is 5. The van der Waals surface area contributed by atoms with E-state index in [1.165, 1.54) is 0 Å². The molecule has 0 aromatic carbocycles. The van der Waals surface area contributed by atoms with E-state index in [4.69, 9.17) is 4.74 Å². The van der Waals surface area contributed by atoms with Crippen molar-refractivity contribution in [3.05, 3.63) is 48.3 Å². The molecule has 0 radical (unpaired) electrons. The van der Waals surface area contributed by atoms with Crippen LogP contribution in [-0.4, -0.2) is 28.6 Å². The van der Waals surface area contributed by atoms with E-state index < -0.39 is 0 Å². The van der Waals surface area contributed by atoms with Crippen LogP contribution in [0.15, 0.2) is 37.1 Å². The minimum atomic E-state index is -0.0174. The highest BCUT2D eigenvalue weighted by Gasteiger charge is 2.15. The summed E-state index contributed by atoms with van der Waals surface area (Å²) in [4.78, 5) is 12.7. The van der Waals surface area contributed by atoms with E-state index in [0.717, 1.165) is 30.0 Å². The zero-order valence-corrected chi connectivity index (χ0v) is 11.2. The first-order valence-electron chi connectivity index (χ1n) is 6.33. The predicted octanol–water partition coefficient (Wildman–Crippen LogP) is 1.97. The molecule has 100 valence electrons. The molecule has 5 nitrogen and oxygen atoms in total. The molecule has 0 saturated heterocycles. The van der Waals surface area contributed by atoms with Gasteiger partial charge in [-0.2, -0.15) is 0 Å². The van der Waals surface area contributed by atoms with Crippen molar-refractivity contribution >= 4 is 0 Å². The van der Waals surface area contributed by atoms with Crippen LogP contribution in [0.25, 0.3) is 0 Å². The van der Waals surface area contributed by atoms with Crippen molar-refractivity contribution in [2.75, 3.05) is 13.7 Å². The SMILES string of the molecule is CCCNC(c1cncc(OC)c1)c1cnccn1. The average Bonchev–Trinajstić information content (AvgIpc) is 2.49. The molecule has 0 spiro atoms. The first-order chi connectivity index (χ1) is 9.35. The fourth-order valence-corrected chi connectivity index (χ4v) is 1.85. The topological polar surface area (TPSA) is 59.9 Å². The molecule has 19 heavy (non-hydrogen) atoms. The van der Waals surface area contributed by atoms with Crippen molar-refractivity contribution in [1.29, 1.82) is 0 Å². The molecule has 0 fully saturated rings. The Morgan fingerprint density at radius 3 is 2.79 bits per heavy atom. The molecule has 1 N–H and O–H groups in total. The normalized spacial score (nSPS) is 12.1. The summed E-state index contributed by atoms with van der Waals surface area (Å²) in [5.41, 5.74) is 1.90. The summed E-state index contributed by atoms with van der Waals surface area (Å²) in [5.74, 6) is 0.740. The summed E-state index contributed by atoms with van der Waals surface area (Å²) in [5, 5.41) is 3.46. The lowest BCUT2D eigenvalue weighted by molar-refractivity contribution is 0.411. The molecular weight excluding hydrogens is 240 g/mol. The smallest absolute Gasteiger partial charge is 0.137 e. The van der Waals surface area contributed by atoms with E-state index in [-0.39, 0.29) is 6.04 Å². The molecule has 5 heteroatoms. The van der Waals surface area contributed by atoms with Gasteiger partial charge in [0.1, 0.15) is 5.75 Å². The van der Waals surface area contributed by atoms with Crippen molar-refractivity contribution < 1.29 is 4.74 Å². The predicted molar refractivity (Wildman–Crippen MR) is 73.0 cm³/mol. The number of pyridine rings is 1. The van der Waals surface area contributed by atoms with Crippen LogP contribution in [0.4, 0.5) is 0 Å². The van der Waals surface area contributed by atoms with Gasteiger partial charge in [-0.3, -0.25) is 15.0 Å². The monoisotopic (exact) mass is 258 g/mol. The van der Waals surface area contributed by atoms with Gasteiger partial charge in [0.05, 0.1) is 31.2 Å². The Hall–Kier alpha value is -2.01. The second kappa shape index (κ2) is 6.80. The zero-order valence-electron chi connectivity index (χ0n) is 11.2. The molecule has 2 aromatic rings. The minimum Gasteiger partial charge on any atom is -0.495 e. The van der Waals surface area contributed by atoms with E-state index in [1.807, 2.05) is 12.3 Å². The molecule has 0 saturated carbocycles. The quantitative estimate of drug-likeness (QED) is 0.858. The fraction of sp³-hybridized carbons (Fsp3) is 0.357. The Kier molecular flexibility index (Phi) is 4.80. The van der Waals surface area contributed by atoms with Gasteiger partial charge in [0.2, 0.25) is 0 Å². The highest BCUT2D eigenvalue weighted by molar-refractivity contribution is 5.30. The second-order valence-corrected chi connectivity index (χ2v) is 4.18. The molecule has 0 bridgehead atoms. The number of ether oxygens (including phenoxy) is 1. The molecule has 2 rings (SSSR count). The molecule has 0 aliphatic heterocycles. The summed E-state index contributed by atoms with van der Waals surface area (Å²) in [7, 11) is 1.64. The van der Waals surface area contributed by atoms with E-state index in [2.05, 4.69) is 27.2 Å². The second-order valence-electron chi connectivity index (χ2n) is 4.18. The lowest BCUT2D eigenvalue weighted by atomic mass is 10.1. The van der Waals surface area contributed by atoms with Crippen molar-refractivity contribution in [1.82, 2.24) is 20.3 Å². The highest BCUT2D eigenvalue weighted by Crippen LogP contribution is 2.22. The summed E-state index contributed by atoms with van der Waals surface area (Å²) in [6, 6.07) is 1.95. The van der Waals surface area contributed by atoms with Gasteiger partial charge in [-0.15, -0.1) is 0 Å². The standard InChI is InChI=1S/C14H18N4O/c1-3-4-18-14(13-10-15-5-6-17-13)11-7-12(19-2)9-16-8-11/h5-10,14,18H,3-4H2,1-2H3.